The van der Waals surface area contributed by atoms with Crippen LogP contribution in [-0.2, 0) is 6.42 Å². The maximum absolute atomic E-state index is 10.9. The first-order valence-electron chi connectivity index (χ1n) is 8.62. The molecule has 1 nitrogen and oxygen atoms in total. The first-order chi connectivity index (χ1) is 9.86. The Balaban J connectivity index is 1.51. The second-order valence-corrected chi connectivity index (χ2v) is 7.25. The normalized spacial score (nSPS) is 34.8. The molecule has 1 N–H and O–H groups in total. The van der Waals surface area contributed by atoms with Gasteiger partial charge in [-0.25, -0.2) is 0 Å². The van der Waals surface area contributed by atoms with Crippen LogP contribution in [0.5, 0.6) is 0 Å². The van der Waals surface area contributed by atoms with Gasteiger partial charge in [-0.15, -0.1) is 0 Å². The zero-order valence-electron chi connectivity index (χ0n) is 12.3. The molecule has 4 unspecified atom stereocenters. The molecule has 2 saturated carbocycles. The quantitative estimate of drug-likeness (QED) is 0.795. The van der Waals surface area contributed by atoms with Crippen LogP contribution in [0.25, 0.3) is 0 Å². The summed E-state index contributed by atoms with van der Waals surface area (Å²) in [5.74, 6) is 2.61. The molecule has 0 aromatic heterocycles. The molecule has 4 atom stereocenters. The number of benzene rings is 1. The maximum atomic E-state index is 10.9. The van der Waals surface area contributed by atoms with Gasteiger partial charge in [0.1, 0.15) is 0 Å². The maximum Gasteiger partial charge on any atom is 0.0605 e. The molecule has 0 spiro atoms. The lowest BCUT2D eigenvalue weighted by Gasteiger charge is -2.21. The van der Waals surface area contributed by atoms with E-state index < -0.39 is 0 Å². The van der Waals surface area contributed by atoms with Crippen LogP contribution in [0.2, 0.25) is 0 Å². The number of aryl methyl sites for hydroxylation is 1. The third-order valence-electron chi connectivity index (χ3n) is 6.17. The highest BCUT2D eigenvalue weighted by molar-refractivity contribution is 5.39. The minimum atomic E-state index is -0.0331. The van der Waals surface area contributed by atoms with Gasteiger partial charge in [-0.3, -0.25) is 0 Å². The zero-order valence-corrected chi connectivity index (χ0v) is 12.3. The van der Waals surface area contributed by atoms with Gasteiger partial charge in [-0.05, 0) is 60.5 Å². The van der Waals surface area contributed by atoms with Gasteiger partial charge < -0.3 is 5.11 Å². The van der Waals surface area contributed by atoms with E-state index in [0.717, 1.165) is 5.92 Å². The molecular formula is C19H26O. The van der Waals surface area contributed by atoms with Gasteiger partial charge in [0.05, 0.1) is 6.10 Å². The summed E-state index contributed by atoms with van der Waals surface area (Å²) in [7, 11) is 0. The highest BCUT2D eigenvalue weighted by Gasteiger charge is 2.57. The van der Waals surface area contributed by atoms with Gasteiger partial charge in [0.25, 0.3) is 0 Å². The summed E-state index contributed by atoms with van der Waals surface area (Å²) >= 11 is 0. The Morgan fingerprint density at radius 2 is 1.70 bits per heavy atom. The lowest BCUT2D eigenvalue weighted by atomic mass is 9.89. The third kappa shape index (κ3) is 2.11. The van der Waals surface area contributed by atoms with Gasteiger partial charge in [0.2, 0.25) is 0 Å². The summed E-state index contributed by atoms with van der Waals surface area (Å²) in [6, 6.07) is 8.94. The number of hydrogen-bond donors (Lipinski definition) is 1. The molecule has 0 aliphatic heterocycles. The van der Waals surface area contributed by atoms with Crippen molar-refractivity contribution in [3.8, 4) is 0 Å². The fourth-order valence-electron chi connectivity index (χ4n) is 5.05. The lowest BCUT2D eigenvalue weighted by Crippen LogP contribution is -2.23. The largest absolute Gasteiger partial charge is 0.393 e. The summed E-state index contributed by atoms with van der Waals surface area (Å²) in [5.41, 5.74) is 3.10. The van der Waals surface area contributed by atoms with Gasteiger partial charge >= 0.3 is 0 Å². The van der Waals surface area contributed by atoms with Crippen LogP contribution in [0.4, 0.5) is 0 Å². The molecule has 0 radical (unpaired) electrons. The highest BCUT2D eigenvalue weighted by atomic mass is 16.3. The molecule has 4 rings (SSSR count). The summed E-state index contributed by atoms with van der Waals surface area (Å²) in [4.78, 5) is 0. The molecule has 0 amide bonds. The van der Waals surface area contributed by atoms with Gasteiger partial charge in [-0.2, -0.15) is 0 Å². The third-order valence-corrected chi connectivity index (χ3v) is 6.17. The molecule has 20 heavy (non-hydrogen) atoms. The molecule has 1 heteroatoms. The molecule has 0 bridgehead atoms. The van der Waals surface area contributed by atoms with E-state index in [1.807, 2.05) is 0 Å². The average molecular weight is 270 g/mol. The Bertz CT molecular complexity index is 472. The minimum Gasteiger partial charge on any atom is -0.393 e. The van der Waals surface area contributed by atoms with E-state index in [9.17, 15) is 5.11 Å². The molecule has 0 saturated heterocycles. The van der Waals surface area contributed by atoms with Gasteiger partial charge in [0, 0.05) is 0 Å². The molecule has 3 aliphatic rings. The van der Waals surface area contributed by atoms with Crippen LogP contribution >= 0.6 is 0 Å². The Morgan fingerprint density at radius 1 is 0.950 bits per heavy atom. The number of aliphatic hydroxyl groups excluding tert-OH is 1. The van der Waals surface area contributed by atoms with E-state index in [-0.39, 0.29) is 6.10 Å². The predicted octanol–water partition coefficient (Wildman–Crippen LogP) is 4.29. The van der Waals surface area contributed by atoms with Crippen molar-refractivity contribution in [1.82, 2.24) is 0 Å². The van der Waals surface area contributed by atoms with Crippen LogP contribution in [0.1, 0.15) is 62.0 Å². The number of aliphatic hydroxyl groups is 1. The molecule has 3 aliphatic carbocycles. The van der Waals surface area contributed by atoms with Gasteiger partial charge in [-0.1, -0.05) is 49.9 Å². The molecule has 2 fully saturated rings. The van der Waals surface area contributed by atoms with Crippen molar-refractivity contribution in [1.29, 1.82) is 0 Å². The predicted molar refractivity (Wildman–Crippen MR) is 81.7 cm³/mol. The van der Waals surface area contributed by atoms with E-state index in [0.29, 0.717) is 17.8 Å². The summed E-state index contributed by atoms with van der Waals surface area (Å²) in [5, 5.41) is 10.9. The van der Waals surface area contributed by atoms with Crippen molar-refractivity contribution in [2.45, 2.75) is 63.4 Å². The number of hydrogen-bond acceptors (Lipinski definition) is 1. The van der Waals surface area contributed by atoms with Crippen molar-refractivity contribution in [2.75, 3.05) is 0 Å². The SMILES string of the molecule is OC(C1CCCCCC1)C1C2CCc3ccccc3C21. The highest BCUT2D eigenvalue weighted by Crippen LogP contribution is 2.62. The standard InChI is InChI=1S/C19H26O/c20-19(14-8-3-1-2-4-9-14)18-16-12-11-13-7-5-6-10-15(13)17(16)18/h5-7,10,14,16-20H,1-4,8-9,11-12H2. The van der Waals surface area contributed by atoms with E-state index in [1.165, 1.54) is 51.4 Å². The lowest BCUT2D eigenvalue weighted by molar-refractivity contribution is 0.0715. The van der Waals surface area contributed by atoms with E-state index in [4.69, 9.17) is 0 Å². The fourth-order valence-corrected chi connectivity index (χ4v) is 5.05. The fraction of sp³-hybridized carbons (Fsp3) is 0.684. The molecule has 1 aromatic carbocycles. The van der Waals surface area contributed by atoms with Crippen LogP contribution in [0.3, 0.4) is 0 Å². The number of fused-ring (bicyclic) bond motifs is 3. The second-order valence-electron chi connectivity index (χ2n) is 7.25. The summed E-state index contributed by atoms with van der Waals surface area (Å²) in [6.07, 6.45) is 10.4. The van der Waals surface area contributed by atoms with Crippen LogP contribution in [0.15, 0.2) is 24.3 Å². The Hall–Kier alpha value is -0.820. The van der Waals surface area contributed by atoms with E-state index in [1.54, 1.807) is 11.1 Å². The van der Waals surface area contributed by atoms with Crippen LogP contribution < -0.4 is 0 Å². The monoisotopic (exact) mass is 270 g/mol. The number of rotatable bonds is 2. The summed E-state index contributed by atoms with van der Waals surface area (Å²) < 4.78 is 0. The second kappa shape index (κ2) is 5.18. The van der Waals surface area contributed by atoms with E-state index in [2.05, 4.69) is 24.3 Å². The van der Waals surface area contributed by atoms with Gasteiger partial charge in [0.15, 0.2) is 0 Å². The first-order valence-corrected chi connectivity index (χ1v) is 8.62. The molecular weight excluding hydrogens is 244 g/mol. The van der Waals surface area contributed by atoms with Crippen LogP contribution in [0, 0.1) is 17.8 Å². The van der Waals surface area contributed by atoms with Crippen molar-refractivity contribution in [3.05, 3.63) is 35.4 Å². The minimum absolute atomic E-state index is 0.0331. The Morgan fingerprint density at radius 3 is 2.50 bits per heavy atom. The van der Waals surface area contributed by atoms with E-state index >= 15 is 0 Å². The molecule has 108 valence electrons. The zero-order chi connectivity index (χ0) is 13.5. The Kier molecular flexibility index (Phi) is 3.34. The Labute approximate surface area is 122 Å². The van der Waals surface area contributed by atoms with Crippen molar-refractivity contribution in [2.24, 2.45) is 17.8 Å². The first kappa shape index (κ1) is 12.9. The van der Waals surface area contributed by atoms with Crippen molar-refractivity contribution in [3.63, 3.8) is 0 Å². The van der Waals surface area contributed by atoms with Crippen LogP contribution in [-0.4, -0.2) is 11.2 Å². The smallest absolute Gasteiger partial charge is 0.0605 e. The van der Waals surface area contributed by atoms with Crippen molar-refractivity contribution < 1.29 is 5.11 Å². The summed E-state index contributed by atoms with van der Waals surface area (Å²) in [6.45, 7) is 0. The topological polar surface area (TPSA) is 20.2 Å². The molecule has 1 aromatic rings. The average Bonchev–Trinajstić information content (AvgIpc) is 3.26. The van der Waals surface area contributed by atoms with Crippen molar-refractivity contribution >= 4 is 0 Å². The molecule has 0 heterocycles.